The summed E-state index contributed by atoms with van der Waals surface area (Å²) in [5.41, 5.74) is 2.65. The number of nitrogens with zero attached hydrogens (tertiary/aromatic N) is 4. The summed E-state index contributed by atoms with van der Waals surface area (Å²) in [5, 5.41) is 13.1. The molecule has 5 rings (SSSR count). The lowest BCUT2D eigenvalue weighted by atomic mass is 9.88. The summed E-state index contributed by atoms with van der Waals surface area (Å²) < 4.78 is 29.0. The Balaban J connectivity index is 1.46. The lowest BCUT2D eigenvalue weighted by Crippen LogP contribution is -2.53. The van der Waals surface area contributed by atoms with E-state index < -0.39 is 25.5 Å². The third kappa shape index (κ3) is 8.32. The Hall–Kier alpha value is -3.51. The summed E-state index contributed by atoms with van der Waals surface area (Å²) >= 11 is 0. The van der Waals surface area contributed by atoms with Crippen LogP contribution in [-0.4, -0.2) is 75.5 Å². The highest BCUT2D eigenvalue weighted by Crippen LogP contribution is 2.38. The number of carbonyl (C=O) groups is 2. The molecule has 0 unspecified atom stereocenters. The van der Waals surface area contributed by atoms with Crippen LogP contribution in [0.1, 0.15) is 75.3 Å². The molecule has 0 spiro atoms. The van der Waals surface area contributed by atoms with Crippen molar-refractivity contribution in [3.63, 3.8) is 0 Å². The number of rotatable bonds is 12. The molecule has 0 radical (unpaired) electrons. The van der Waals surface area contributed by atoms with Crippen LogP contribution in [0.2, 0.25) is 25.7 Å². The van der Waals surface area contributed by atoms with Crippen LogP contribution in [0.3, 0.4) is 0 Å². The maximum atomic E-state index is 14.7. The molecular formula is C35H50FN5O5Si. The van der Waals surface area contributed by atoms with E-state index in [-0.39, 0.29) is 24.7 Å². The molecule has 2 aliphatic rings. The summed E-state index contributed by atoms with van der Waals surface area (Å²) in [5.74, 6) is 0.386. The first-order valence-corrected chi connectivity index (χ1v) is 20.5. The van der Waals surface area contributed by atoms with Crippen molar-refractivity contribution in [1.82, 2.24) is 24.8 Å². The minimum Gasteiger partial charge on any atom is -0.493 e. The van der Waals surface area contributed by atoms with Crippen LogP contribution in [0.15, 0.2) is 24.5 Å². The minimum absolute atomic E-state index is 0.101. The SMILES string of the molecule is Cc1c(C(=O)N[C@H]2CC[C@H](N(C(=O)O)C(C)(C)C)CC2)c2ncnc(-c3cc(F)ccc3OCC3CC3)c2n1COCC[Si](C)(C)C. The van der Waals surface area contributed by atoms with Gasteiger partial charge in [-0.1, -0.05) is 19.6 Å². The van der Waals surface area contributed by atoms with Gasteiger partial charge in [0.15, 0.2) is 0 Å². The molecule has 2 amide bonds. The fourth-order valence-electron chi connectivity index (χ4n) is 6.49. The van der Waals surface area contributed by atoms with Crippen LogP contribution >= 0.6 is 0 Å². The van der Waals surface area contributed by atoms with E-state index in [2.05, 4.69) is 34.9 Å². The fraction of sp³-hybridized carbons (Fsp3) is 0.600. The number of amides is 2. The maximum absolute atomic E-state index is 14.7. The molecule has 0 aliphatic heterocycles. The highest BCUT2D eigenvalue weighted by atomic mass is 28.3. The van der Waals surface area contributed by atoms with E-state index in [1.54, 1.807) is 11.0 Å². The quantitative estimate of drug-likeness (QED) is 0.152. The number of benzene rings is 1. The second kappa shape index (κ2) is 13.9. The van der Waals surface area contributed by atoms with Gasteiger partial charge < -0.3 is 29.4 Å². The van der Waals surface area contributed by atoms with Gasteiger partial charge in [0.05, 0.1) is 17.7 Å². The summed E-state index contributed by atoms with van der Waals surface area (Å²) in [4.78, 5) is 36.9. The lowest BCUT2D eigenvalue weighted by molar-refractivity contribution is 0.0519. The molecule has 12 heteroatoms. The number of hydrogen-bond acceptors (Lipinski definition) is 6. The average Bonchev–Trinajstić information content (AvgIpc) is 3.76. The van der Waals surface area contributed by atoms with Crippen LogP contribution in [0, 0.1) is 18.7 Å². The first-order chi connectivity index (χ1) is 22.1. The number of nitrogens with one attached hydrogen (secondary N) is 1. The average molecular weight is 668 g/mol. The Morgan fingerprint density at radius 1 is 1.11 bits per heavy atom. The predicted molar refractivity (Wildman–Crippen MR) is 183 cm³/mol. The van der Waals surface area contributed by atoms with Crippen LogP contribution in [0.4, 0.5) is 9.18 Å². The second-order valence-corrected chi connectivity index (χ2v) is 21.0. The number of ether oxygens (including phenoxy) is 2. The fourth-order valence-corrected chi connectivity index (χ4v) is 7.24. The third-order valence-corrected chi connectivity index (χ3v) is 10.9. The van der Waals surface area contributed by atoms with Gasteiger partial charge in [-0.15, -0.1) is 0 Å². The van der Waals surface area contributed by atoms with E-state index in [4.69, 9.17) is 9.47 Å². The first kappa shape index (κ1) is 34.8. The van der Waals surface area contributed by atoms with E-state index in [0.717, 1.165) is 18.9 Å². The topological polar surface area (TPSA) is 119 Å². The van der Waals surface area contributed by atoms with Crippen LogP contribution < -0.4 is 10.1 Å². The molecular weight excluding hydrogens is 617 g/mol. The molecule has 3 aromatic rings. The molecule has 2 fully saturated rings. The van der Waals surface area contributed by atoms with Crippen molar-refractivity contribution in [2.24, 2.45) is 5.92 Å². The monoisotopic (exact) mass is 667 g/mol. The highest BCUT2D eigenvalue weighted by Gasteiger charge is 2.36. The van der Waals surface area contributed by atoms with Crippen LogP contribution in [-0.2, 0) is 11.5 Å². The molecule has 2 N–H and O–H groups in total. The molecule has 2 aromatic heterocycles. The van der Waals surface area contributed by atoms with Crippen molar-refractivity contribution in [1.29, 1.82) is 0 Å². The molecule has 2 heterocycles. The Labute approximate surface area is 278 Å². The first-order valence-electron chi connectivity index (χ1n) is 16.8. The molecule has 47 heavy (non-hydrogen) atoms. The molecule has 0 bridgehead atoms. The molecule has 0 saturated heterocycles. The highest BCUT2D eigenvalue weighted by molar-refractivity contribution is 6.76. The number of fused-ring (bicyclic) bond motifs is 1. The van der Waals surface area contributed by atoms with Crippen molar-refractivity contribution < 1.29 is 28.6 Å². The van der Waals surface area contributed by atoms with Gasteiger partial charge in [0.25, 0.3) is 5.91 Å². The standard InChI is InChI=1S/C35H50FN5O5Si/c1-22-29(33(42)39-25-11-13-26(14-12-25)41(34(43)44)35(2,3)4)31-32(40(22)21-45-16-17-47(5,6)7)30(37-20-38-31)27-18-24(36)10-15-28(27)46-19-23-8-9-23/h10,15,18,20,23,25-26H,8-9,11-14,16-17,19,21H2,1-7H3,(H,39,42)(H,43,44)/t25-,26-. The molecule has 0 atom stereocenters. The zero-order valence-electron chi connectivity index (χ0n) is 28.9. The van der Waals surface area contributed by atoms with Gasteiger partial charge in [-0.05, 0) is 96.4 Å². The Morgan fingerprint density at radius 3 is 2.43 bits per heavy atom. The van der Waals surface area contributed by atoms with Gasteiger partial charge in [-0.2, -0.15) is 0 Å². The van der Waals surface area contributed by atoms with E-state index in [1.807, 2.05) is 32.3 Å². The number of hydrogen-bond donors (Lipinski definition) is 2. The third-order valence-electron chi connectivity index (χ3n) is 9.23. The lowest BCUT2D eigenvalue weighted by Gasteiger charge is -2.42. The Bertz CT molecular complexity index is 1600. The van der Waals surface area contributed by atoms with Gasteiger partial charge in [0.2, 0.25) is 0 Å². The van der Waals surface area contributed by atoms with Crippen molar-refractivity contribution in [2.45, 2.75) is 116 Å². The van der Waals surface area contributed by atoms with E-state index in [0.29, 0.717) is 84.1 Å². The molecule has 256 valence electrons. The van der Waals surface area contributed by atoms with E-state index >= 15 is 0 Å². The summed E-state index contributed by atoms with van der Waals surface area (Å²) in [6.45, 7) is 15.8. The second-order valence-electron chi connectivity index (χ2n) is 15.4. The van der Waals surface area contributed by atoms with Crippen LogP contribution in [0.5, 0.6) is 5.75 Å². The van der Waals surface area contributed by atoms with Gasteiger partial charge >= 0.3 is 6.09 Å². The molecule has 1 aromatic carbocycles. The van der Waals surface area contributed by atoms with E-state index in [9.17, 15) is 19.1 Å². The van der Waals surface area contributed by atoms with Gasteiger partial charge in [0, 0.05) is 43.6 Å². The molecule has 2 saturated carbocycles. The van der Waals surface area contributed by atoms with Gasteiger partial charge in [-0.25, -0.2) is 19.2 Å². The summed E-state index contributed by atoms with van der Waals surface area (Å²) in [6, 6.07) is 5.24. The Morgan fingerprint density at radius 2 is 1.81 bits per heavy atom. The molecule has 10 nitrogen and oxygen atoms in total. The summed E-state index contributed by atoms with van der Waals surface area (Å²) in [6.07, 6.45) is 5.40. The largest absolute Gasteiger partial charge is 0.493 e. The maximum Gasteiger partial charge on any atom is 0.407 e. The van der Waals surface area contributed by atoms with Crippen molar-refractivity contribution in [2.75, 3.05) is 13.2 Å². The van der Waals surface area contributed by atoms with Crippen molar-refractivity contribution in [3.8, 4) is 17.0 Å². The number of aromatic nitrogens is 3. The zero-order valence-corrected chi connectivity index (χ0v) is 29.9. The number of halogens is 1. The van der Waals surface area contributed by atoms with Gasteiger partial charge in [0.1, 0.15) is 35.8 Å². The van der Waals surface area contributed by atoms with E-state index in [1.165, 1.54) is 18.5 Å². The van der Waals surface area contributed by atoms with Crippen LogP contribution in [0.25, 0.3) is 22.3 Å². The predicted octanol–water partition coefficient (Wildman–Crippen LogP) is 7.47. The number of carboxylic acid groups (broad SMARTS) is 1. The molecule has 2 aliphatic carbocycles. The normalized spacial score (nSPS) is 18.7. The van der Waals surface area contributed by atoms with Crippen molar-refractivity contribution >= 4 is 31.1 Å². The number of carbonyl (C=O) groups excluding carboxylic acids is 1. The van der Waals surface area contributed by atoms with Gasteiger partial charge in [-0.3, -0.25) is 4.79 Å². The Kier molecular flexibility index (Phi) is 10.3. The smallest absolute Gasteiger partial charge is 0.407 e. The van der Waals surface area contributed by atoms with Crippen molar-refractivity contribution in [3.05, 3.63) is 41.6 Å². The zero-order chi connectivity index (χ0) is 34.1. The summed E-state index contributed by atoms with van der Waals surface area (Å²) in [7, 11) is -1.34. The minimum atomic E-state index is -1.34.